The van der Waals surface area contributed by atoms with E-state index in [1.807, 2.05) is 42.5 Å². The molecule has 1 N–H and O–H groups in total. The highest BCUT2D eigenvalue weighted by molar-refractivity contribution is 5.96. The Kier molecular flexibility index (Phi) is 3.63. The number of carbonyl (C=O) groups is 1. The van der Waals surface area contributed by atoms with Crippen molar-refractivity contribution in [1.82, 2.24) is 5.43 Å². The van der Waals surface area contributed by atoms with E-state index in [2.05, 4.69) is 10.5 Å². The lowest BCUT2D eigenvalue weighted by Gasteiger charge is -2.18. The number of para-hydroxylation sites is 1. The van der Waals surface area contributed by atoms with Gasteiger partial charge < -0.3 is 13.9 Å². The summed E-state index contributed by atoms with van der Waals surface area (Å²) in [6.45, 7) is 1.07. The number of hydrogen-bond acceptors (Lipinski definition) is 5. The van der Waals surface area contributed by atoms with Gasteiger partial charge in [0.05, 0.1) is 6.21 Å². The molecule has 1 aliphatic heterocycles. The first-order valence-corrected chi connectivity index (χ1v) is 7.51. The van der Waals surface area contributed by atoms with E-state index in [0.29, 0.717) is 30.3 Å². The molecule has 0 aliphatic carbocycles. The van der Waals surface area contributed by atoms with E-state index < -0.39 is 5.91 Å². The molecule has 0 unspecified atom stereocenters. The van der Waals surface area contributed by atoms with Crippen LogP contribution >= 0.6 is 0 Å². The zero-order valence-electron chi connectivity index (χ0n) is 12.7. The number of amides is 1. The number of nitrogens with zero attached hydrogens (tertiary/aromatic N) is 1. The van der Waals surface area contributed by atoms with Crippen molar-refractivity contribution in [3.05, 3.63) is 59.9 Å². The second-order valence-corrected chi connectivity index (χ2v) is 5.25. The highest BCUT2D eigenvalue weighted by Crippen LogP contribution is 2.30. The molecule has 0 fully saturated rings. The molecule has 6 heteroatoms. The Morgan fingerprint density at radius 1 is 1.04 bits per heavy atom. The van der Waals surface area contributed by atoms with Crippen LogP contribution in [0.5, 0.6) is 11.5 Å². The number of rotatable bonds is 3. The molecule has 0 spiro atoms. The third-order valence-electron chi connectivity index (χ3n) is 3.60. The standard InChI is InChI=1S/C18H14N2O4/c21-18(17-10-13-3-1-2-4-14(13)24-17)20-19-11-12-5-6-15-16(9-12)23-8-7-22-15/h1-6,9-11H,7-8H2,(H,20,21)/b19-11+. The van der Waals surface area contributed by atoms with E-state index in [0.717, 1.165) is 10.9 Å². The van der Waals surface area contributed by atoms with Crippen molar-refractivity contribution in [2.24, 2.45) is 5.10 Å². The first kappa shape index (κ1) is 14.3. The molecule has 0 bridgehead atoms. The normalized spacial score (nSPS) is 13.3. The lowest BCUT2D eigenvalue weighted by Crippen LogP contribution is -2.17. The molecule has 1 aliphatic rings. The van der Waals surface area contributed by atoms with Crippen molar-refractivity contribution in [3.8, 4) is 11.5 Å². The highest BCUT2D eigenvalue weighted by atomic mass is 16.6. The van der Waals surface area contributed by atoms with E-state index in [4.69, 9.17) is 13.9 Å². The zero-order valence-corrected chi connectivity index (χ0v) is 12.7. The number of benzene rings is 2. The summed E-state index contributed by atoms with van der Waals surface area (Å²) >= 11 is 0. The highest BCUT2D eigenvalue weighted by Gasteiger charge is 2.12. The lowest BCUT2D eigenvalue weighted by molar-refractivity contribution is 0.0929. The number of hydrazone groups is 1. The molecule has 0 radical (unpaired) electrons. The van der Waals surface area contributed by atoms with Crippen molar-refractivity contribution in [2.75, 3.05) is 13.2 Å². The van der Waals surface area contributed by atoms with Crippen molar-refractivity contribution in [1.29, 1.82) is 0 Å². The summed E-state index contributed by atoms with van der Waals surface area (Å²) < 4.78 is 16.4. The summed E-state index contributed by atoms with van der Waals surface area (Å²) in [6, 6.07) is 14.6. The van der Waals surface area contributed by atoms with Gasteiger partial charge in [0, 0.05) is 5.39 Å². The Labute approximate surface area is 137 Å². The van der Waals surface area contributed by atoms with Gasteiger partial charge in [-0.05, 0) is 35.9 Å². The van der Waals surface area contributed by atoms with Crippen LogP contribution in [0.2, 0.25) is 0 Å². The summed E-state index contributed by atoms with van der Waals surface area (Å²) in [4.78, 5) is 12.1. The Morgan fingerprint density at radius 3 is 2.75 bits per heavy atom. The SMILES string of the molecule is O=C(N/N=C/c1ccc2c(c1)OCCO2)c1cc2ccccc2o1. The molecule has 0 saturated carbocycles. The number of ether oxygens (including phenoxy) is 2. The lowest BCUT2D eigenvalue weighted by atomic mass is 10.2. The van der Waals surface area contributed by atoms with Crippen molar-refractivity contribution in [3.63, 3.8) is 0 Å². The monoisotopic (exact) mass is 322 g/mol. The number of hydrogen-bond donors (Lipinski definition) is 1. The first-order valence-electron chi connectivity index (χ1n) is 7.51. The Hall–Kier alpha value is -3.28. The van der Waals surface area contributed by atoms with E-state index in [1.54, 1.807) is 12.3 Å². The van der Waals surface area contributed by atoms with E-state index in [9.17, 15) is 4.79 Å². The van der Waals surface area contributed by atoms with Crippen LogP contribution in [0.4, 0.5) is 0 Å². The van der Waals surface area contributed by atoms with Gasteiger partial charge in [-0.1, -0.05) is 18.2 Å². The van der Waals surface area contributed by atoms with E-state index in [-0.39, 0.29) is 5.76 Å². The summed E-state index contributed by atoms with van der Waals surface area (Å²) in [5.74, 6) is 1.20. The van der Waals surface area contributed by atoms with Crippen LogP contribution in [-0.4, -0.2) is 25.3 Å². The summed E-state index contributed by atoms with van der Waals surface area (Å²) in [7, 11) is 0. The smallest absolute Gasteiger partial charge is 0.307 e. The third kappa shape index (κ3) is 2.81. The van der Waals surface area contributed by atoms with Crippen LogP contribution in [-0.2, 0) is 0 Å². The molecular formula is C18H14N2O4. The van der Waals surface area contributed by atoms with Gasteiger partial charge in [-0.2, -0.15) is 5.10 Å². The van der Waals surface area contributed by atoms with Gasteiger partial charge in [-0.3, -0.25) is 4.79 Å². The number of carbonyl (C=O) groups excluding carboxylic acids is 1. The Balaban J connectivity index is 1.45. The van der Waals surface area contributed by atoms with Gasteiger partial charge in [-0.15, -0.1) is 0 Å². The van der Waals surface area contributed by atoms with Crippen LogP contribution in [0.3, 0.4) is 0 Å². The fourth-order valence-corrected chi connectivity index (χ4v) is 2.45. The summed E-state index contributed by atoms with van der Waals surface area (Å²) in [5.41, 5.74) is 3.91. The molecule has 6 nitrogen and oxygen atoms in total. The number of nitrogens with one attached hydrogen (secondary N) is 1. The molecule has 0 atom stereocenters. The number of furan rings is 1. The molecule has 120 valence electrons. The Morgan fingerprint density at radius 2 is 1.88 bits per heavy atom. The van der Waals surface area contributed by atoms with Crippen LogP contribution in [0.15, 0.2) is 58.0 Å². The molecule has 4 rings (SSSR count). The predicted molar refractivity (Wildman–Crippen MR) is 88.7 cm³/mol. The van der Waals surface area contributed by atoms with Gasteiger partial charge >= 0.3 is 5.91 Å². The minimum Gasteiger partial charge on any atom is -0.486 e. The maximum absolute atomic E-state index is 12.1. The second kappa shape index (κ2) is 6.08. The van der Waals surface area contributed by atoms with Crippen LogP contribution in [0.25, 0.3) is 11.0 Å². The molecule has 0 saturated heterocycles. The van der Waals surface area contributed by atoms with Crippen molar-refractivity contribution >= 4 is 23.1 Å². The average molecular weight is 322 g/mol. The van der Waals surface area contributed by atoms with Crippen LogP contribution in [0.1, 0.15) is 16.1 Å². The number of fused-ring (bicyclic) bond motifs is 2. The summed E-state index contributed by atoms with van der Waals surface area (Å²) in [5, 5.41) is 4.83. The predicted octanol–water partition coefficient (Wildman–Crippen LogP) is 2.97. The molecule has 1 aromatic heterocycles. The van der Waals surface area contributed by atoms with Gasteiger partial charge in [0.25, 0.3) is 0 Å². The van der Waals surface area contributed by atoms with Gasteiger partial charge in [0.15, 0.2) is 17.3 Å². The quantitative estimate of drug-likeness (QED) is 0.594. The molecule has 24 heavy (non-hydrogen) atoms. The fraction of sp³-hybridized carbons (Fsp3) is 0.111. The Bertz CT molecular complexity index is 897. The largest absolute Gasteiger partial charge is 0.486 e. The molecule has 2 heterocycles. The minimum atomic E-state index is -0.403. The van der Waals surface area contributed by atoms with Gasteiger partial charge in [0.2, 0.25) is 0 Å². The summed E-state index contributed by atoms with van der Waals surface area (Å²) in [6.07, 6.45) is 1.54. The van der Waals surface area contributed by atoms with Crippen molar-refractivity contribution < 1.29 is 18.7 Å². The first-order chi connectivity index (χ1) is 11.8. The minimum absolute atomic E-state index is 0.218. The second-order valence-electron chi connectivity index (χ2n) is 5.25. The zero-order chi connectivity index (χ0) is 16.4. The van der Waals surface area contributed by atoms with E-state index >= 15 is 0 Å². The molecule has 1 amide bonds. The average Bonchev–Trinajstić information content (AvgIpc) is 3.06. The third-order valence-corrected chi connectivity index (χ3v) is 3.60. The topological polar surface area (TPSA) is 73.1 Å². The van der Waals surface area contributed by atoms with Gasteiger partial charge in [0.1, 0.15) is 18.8 Å². The van der Waals surface area contributed by atoms with Crippen LogP contribution < -0.4 is 14.9 Å². The molecule has 2 aromatic carbocycles. The molecular weight excluding hydrogens is 308 g/mol. The maximum atomic E-state index is 12.1. The van der Waals surface area contributed by atoms with Gasteiger partial charge in [-0.25, -0.2) is 5.43 Å². The fourth-order valence-electron chi connectivity index (χ4n) is 2.45. The molecule has 3 aromatic rings. The van der Waals surface area contributed by atoms with E-state index in [1.165, 1.54) is 0 Å². The van der Waals surface area contributed by atoms with Crippen LogP contribution in [0, 0.1) is 0 Å². The van der Waals surface area contributed by atoms with Crippen molar-refractivity contribution in [2.45, 2.75) is 0 Å². The maximum Gasteiger partial charge on any atom is 0.307 e.